The molecule has 3 rings (SSSR count). The van der Waals surface area contributed by atoms with E-state index >= 15 is 0 Å². The molecule has 1 heterocycles. The van der Waals surface area contributed by atoms with Crippen molar-refractivity contribution in [3.63, 3.8) is 0 Å². The van der Waals surface area contributed by atoms with Gasteiger partial charge in [-0.3, -0.25) is 4.90 Å². The van der Waals surface area contributed by atoms with Crippen molar-refractivity contribution >= 4 is 21.6 Å². The molecule has 0 radical (unpaired) electrons. The van der Waals surface area contributed by atoms with Gasteiger partial charge in [0.05, 0.1) is 5.56 Å². The Balaban J connectivity index is 1.65. The number of nitrogens with zero attached hydrogens (tertiary/aromatic N) is 1. The van der Waals surface area contributed by atoms with Gasteiger partial charge in [0.2, 0.25) is 0 Å². The minimum atomic E-state index is -4.29. The van der Waals surface area contributed by atoms with E-state index in [1.54, 1.807) is 0 Å². The highest BCUT2D eigenvalue weighted by Gasteiger charge is 2.35. The summed E-state index contributed by atoms with van der Waals surface area (Å²) >= 11 is 3.23. The zero-order valence-corrected chi connectivity index (χ0v) is 12.5. The first-order valence-electron chi connectivity index (χ1n) is 6.81. The van der Waals surface area contributed by atoms with Crippen LogP contribution in [0.25, 0.3) is 0 Å². The molecule has 1 aromatic carbocycles. The third kappa shape index (κ3) is 3.11. The summed E-state index contributed by atoms with van der Waals surface area (Å²) in [6.45, 7) is 2.07. The van der Waals surface area contributed by atoms with Crippen LogP contribution >= 0.6 is 15.9 Å². The van der Waals surface area contributed by atoms with E-state index in [0.29, 0.717) is 10.5 Å². The van der Waals surface area contributed by atoms with Gasteiger partial charge in [0.15, 0.2) is 0 Å². The van der Waals surface area contributed by atoms with E-state index in [9.17, 15) is 13.2 Å². The van der Waals surface area contributed by atoms with E-state index in [0.717, 1.165) is 43.4 Å². The van der Waals surface area contributed by atoms with Gasteiger partial charge in [0, 0.05) is 35.3 Å². The molecular formula is C14H16BrF3N2. The summed E-state index contributed by atoms with van der Waals surface area (Å²) in [6.07, 6.45) is -0.672. The number of anilines is 1. The standard InChI is InChI=1S/C14H16BrF3N2/c15-12-7-9(14(16,17)18)1-4-13(12)19-10-5-6-20(8-10)11-2-3-11/h1,4,7,10-11,19H,2-3,5-6,8H2. The first-order valence-corrected chi connectivity index (χ1v) is 7.60. The Morgan fingerprint density at radius 2 is 1.95 bits per heavy atom. The molecule has 1 aliphatic heterocycles. The number of alkyl halides is 3. The Morgan fingerprint density at radius 3 is 2.55 bits per heavy atom. The summed E-state index contributed by atoms with van der Waals surface area (Å²) in [5, 5.41) is 3.34. The molecule has 1 aromatic rings. The fraction of sp³-hybridized carbons (Fsp3) is 0.571. The molecule has 2 fully saturated rings. The Labute approximate surface area is 124 Å². The molecule has 1 unspecified atom stereocenters. The molecule has 6 heteroatoms. The van der Waals surface area contributed by atoms with Crippen molar-refractivity contribution < 1.29 is 13.2 Å². The maximum absolute atomic E-state index is 12.6. The van der Waals surface area contributed by atoms with Crippen LogP contribution in [0.5, 0.6) is 0 Å². The van der Waals surface area contributed by atoms with Gasteiger partial charge in [-0.15, -0.1) is 0 Å². The molecular weight excluding hydrogens is 333 g/mol. The molecule has 0 aromatic heterocycles. The molecule has 20 heavy (non-hydrogen) atoms. The van der Waals surface area contributed by atoms with E-state index in [1.165, 1.54) is 18.9 Å². The predicted molar refractivity (Wildman–Crippen MR) is 75.8 cm³/mol. The van der Waals surface area contributed by atoms with Crippen molar-refractivity contribution in [1.29, 1.82) is 0 Å². The minimum absolute atomic E-state index is 0.323. The lowest BCUT2D eigenvalue weighted by Gasteiger charge is -2.18. The second kappa shape index (κ2) is 5.22. The second-order valence-corrected chi connectivity index (χ2v) is 6.40. The highest BCUT2D eigenvalue weighted by Crippen LogP contribution is 2.35. The van der Waals surface area contributed by atoms with Gasteiger partial charge in [-0.2, -0.15) is 13.2 Å². The van der Waals surface area contributed by atoms with E-state index in [2.05, 4.69) is 26.1 Å². The fourth-order valence-corrected chi connectivity index (χ4v) is 3.20. The number of nitrogens with one attached hydrogen (secondary N) is 1. The van der Waals surface area contributed by atoms with Crippen LogP contribution in [0.15, 0.2) is 22.7 Å². The van der Waals surface area contributed by atoms with Gasteiger partial charge >= 0.3 is 6.18 Å². The van der Waals surface area contributed by atoms with Crippen molar-refractivity contribution in [2.75, 3.05) is 18.4 Å². The maximum atomic E-state index is 12.6. The van der Waals surface area contributed by atoms with E-state index in [4.69, 9.17) is 0 Å². The summed E-state index contributed by atoms with van der Waals surface area (Å²) in [4.78, 5) is 2.47. The number of hydrogen-bond acceptors (Lipinski definition) is 2. The summed E-state index contributed by atoms with van der Waals surface area (Å²) in [6, 6.07) is 4.84. The van der Waals surface area contributed by atoms with Gasteiger partial charge < -0.3 is 5.32 Å². The number of likely N-dealkylation sites (tertiary alicyclic amines) is 1. The van der Waals surface area contributed by atoms with Crippen LogP contribution < -0.4 is 5.32 Å². The van der Waals surface area contributed by atoms with Crippen LogP contribution in [-0.4, -0.2) is 30.1 Å². The third-order valence-corrected chi connectivity index (χ3v) is 4.60. The highest BCUT2D eigenvalue weighted by atomic mass is 79.9. The Hall–Kier alpha value is -0.750. The quantitative estimate of drug-likeness (QED) is 0.883. The van der Waals surface area contributed by atoms with Crippen LogP contribution in [-0.2, 0) is 6.18 Å². The molecule has 1 atom stereocenters. The number of halogens is 4. The SMILES string of the molecule is FC(F)(F)c1ccc(NC2CCN(C3CC3)C2)c(Br)c1. The molecule has 0 amide bonds. The van der Waals surface area contributed by atoms with Crippen molar-refractivity contribution in [3.8, 4) is 0 Å². The van der Waals surface area contributed by atoms with Gasteiger partial charge in [0.25, 0.3) is 0 Å². The lowest BCUT2D eigenvalue weighted by molar-refractivity contribution is -0.137. The molecule has 2 nitrogen and oxygen atoms in total. The van der Waals surface area contributed by atoms with Crippen LogP contribution in [0.3, 0.4) is 0 Å². The van der Waals surface area contributed by atoms with Crippen molar-refractivity contribution in [3.05, 3.63) is 28.2 Å². The van der Waals surface area contributed by atoms with E-state index in [1.807, 2.05) is 0 Å². The average molecular weight is 349 g/mol. The monoisotopic (exact) mass is 348 g/mol. The summed E-state index contributed by atoms with van der Waals surface area (Å²) in [5.74, 6) is 0. The topological polar surface area (TPSA) is 15.3 Å². The number of hydrogen-bond donors (Lipinski definition) is 1. The average Bonchev–Trinajstić information content (AvgIpc) is 3.11. The number of rotatable bonds is 3. The van der Waals surface area contributed by atoms with E-state index in [-0.39, 0.29) is 0 Å². The van der Waals surface area contributed by atoms with Gasteiger partial charge in [-0.25, -0.2) is 0 Å². The fourth-order valence-electron chi connectivity index (χ4n) is 2.70. The molecule has 1 saturated carbocycles. The van der Waals surface area contributed by atoms with Gasteiger partial charge in [-0.05, 0) is 53.4 Å². The molecule has 2 aliphatic rings. The molecule has 110 valence electrons. The van der Waals surface area contributed by atoms with Crippen molar-refractivity contribution in [2.45, 2.75) is 37.5 Å². The van der Waals surface area contributed by atoms with Gasteiger partial charge in [-0.1, -0.05) is 0 Å². The van der Waals surface area contributed by atoms with Crippen LogP contribution in [0.1, 0.15) is 24.8 Å². The second-order valence-electron chi connectivity index (χ2n) is 5.55. The Kier molecular flexibility index (Phi) is 3.71. The summed E-state index contributed by atoms with van der Waals surface area (Å²) in [5.41, 5.74) is 0.113. The van der Waals surface area contributed by atoms with Crippen LogP contribution in [0.4, 0.5) is 18.9 Å². The first kappa shape index (κ1) is 14.2. The van der Waals surface area contributed by atoms with Crippen LogP contribution in [0.2, 0.25) is 0 Å². The van der Waals surface area contributed by atoms with Crippen molar-refractivity contribution in [1.82, 2.24) is 4.90 Å². The largest absolute Gasteiger partial charge is 0.416 e. The molecule has 0 bridgehead atoms. The summed E-state index contributed by atoms with van der Waals surface area (Å²) in [7, 11) is 0. The number of benzene rings is 1. The lowest BCUT2D eigenvalue weighted by Crippen LogP contribution is -2.27. The smallest absolute Gasteiger partial charge is 0.380 e. The molecule has 1 aliphatic carbocycles. The van der Waals surface area contributed by atoms with Crippen molar-refractivity contribution in [2.24, 2.45) is 0 Å². The lowest BCUT2D eigenvalue weighted by atomic mass is 10.2. The van der Waals surface area contributed by atoms with Crippen LogP contribution in [0, 0.1) is 0 Å². The molecule has 1 saturated heterocycles. The molecule has 1 N–H and O–H groups in total. The highest BCUT2D eigenvalue weighted by molar-refractivity contribution is 9.10. The normalized spacial score (nSPS) is 24.1. The predicted octanol–water partition coefficient (Wildman–Crippen LogP) is 4.12. The molecule has 0 spiro atoms. The summed E-state index contributed by atoms with van der Waals surface area (Å²) < 4.78 is 38.3. The maximum Gasteiger partial charge on any atom is 0.416 e. The Morgan fingerprint density at radius 1 is 1.20 bits per heavy atom. The zero-order valence-electron chi connectivity index (χ0n) is 10.9. The van der Waals surface area contributed by atoms with Gasteiger partial charge in [0.1, 0.15) is 0 Å². The zero-order chi connectivity index (χ0) is 14.3. The third-order valence-electron chi connectivity index (χ3n) is 3.94. The Bertz CT molecular complexity index is 500. The minimum Gasteiger partial charge on any atom is -0.380 e. The first-order chi connectivity index (χ1) is 9.43. The van der Waals surface area contributed by atoms with E-state index < -0.39 is 11.7 Å².